The van der Waals surface area contributed by atoms with Gasteiger partial charge in [0.15, 0.2) is 0 Å². The van der Waals surface area contributed by atoms with Gasteiger partial charge in [0.2, 0.25) is 0 Å². The molecule has 0 radical (unpaired) electrons. The molecule has 2 nitrogen and oxygen atoms in total. The third-order valence-corrected chi connectivity index (χ3v) is 4.16. The number of benzene rings is 1. The van der Waals surface area contributed by atoms with Crippen LogP contribution in [0.1, 0.15) is 36.5 Å². The fourth-order valence-corrected chi connectivity index (χ4v) is 3.12. The van der Waals surface area contributed by atoms with Gasteiger partial charge in [-0.25, -0.2) is 0 Å². The van der Waals surface area contributed by atoms with E-state index >= 15 is 0 Å². The smallest absolute Gasteiger partial charge is 0.0863 e. The highest BCUT2D eigenvalue weighted by Gasteiger charge is 2.44. The Bertz CT molecular complexity index is 480. The first kappa shape index (κ1) is 11.0. The zero-order chi connectivity index (χ0) is 12.0. The average Bonchev–Trinajstić information content (AvgIpc) is 2.70. The van der Waals surface area contributed by atoms with Gasteiger partial charge in [0.1, 0.15) is 0 Å². The molecule has 3 rings (SSSR count). The number of rotatable bonds is 1. The Morgan fingerprint density at radius 1 is 1.53 bits per heavy atom. The van der Waals surface area contributed by atoms with Gasteiger partial charge >= 0.3 is 0 Å². The van der Waals surface area contributed by atoms with Gasteiger partial charge in [-0.2, -0.15) is 0 Å². The maximum Gasteiger partial charge on any atom is 0.0863 e. The molecule has 2 aliphatic rings. The van der Waals surface area contributed by atoms with E-state index < -0.39 is 0 Å². The number of nitrogens with one attached hydrogen (secondary N) is 1. The van der Waals surface area contributed by atoms with Crippen molar-refractivity contribution in [3.05, 3.63) is 41.5 Å². The molecule has 1 fully saturated rings. The zero-order valence-corrected chi connectivity index (χ0v) is 10.5. The summed E-state index contributed by atoms with van der Waals surface area (Å²) in [5.41, 5.74) is 5.15. The van der Waals surface area contributed by atoms with E-state index in [4.69, 9.17) is 4.74 Å². The first-order chi connectivity index (χ1) is 8.12. The summed E-state index contributed by atoms with van der Waals surface area (Å²) in [6.45, 7) is 11.0. The van der Waals surface area contributed by atoms with E-state index in [0.29, 0.717) is 12.5 Å². The van der Waals surface area contributed by atoms with E-state index in [1.165, 1.54) is 16.7 Å². The van der Waals surface area contributed by atoms with Gasteiger partial charge in [0, 0.05) is 19.0 Å². The minimum Gasteiger partial charge on any atom is -0.369 e. The molecule has 90 valence electrons. The van der Waals surface area contributed by atoms with Crippen molar-refractivity contribution in [2.75, 3.05) is 13.1 Å². The van der Waals surface area contributed by atoms with Crippen molar-refractivity contribution < 1.29 is 4.74 Å². The molecule has 1 aromatic carbocycles. The first-order valence-corrected chi connectivity index (χ1v) is 6.24. The summed E-state index contributed by atoms with van der Waals surface area (Å²) in [5, 5.41) is 3.45. The van der Waals surface area contributed by atoms with Crippen molar-refractivity contribution >= 4 is 5.57 Å². The maximum atomic E-state index is 6.10. The Morgan fingerprint density at radius 2 is 2.35 bits per heavy atom. The van der Waals surface area contributed by atoms with Crippen LogP contribution in [0.25, 0.3) is 5.57 Å². The van der Waals surface area contributed by atoms with E-state index in [1.54, 1.807) is 0 Å². The Kier molecular flexibility index (Phi) is 2.39. The fraction of sp³-hybridized carbons (Fsp3) is 0.467. The van der Waals surface area contributed by atoms with Gasteiger partial charge in [-0.05, 0) is 30.5 Å². The number of hydrogen-bond acceptors (Lipinski definition) is 2. The molecule has 1 aromatic rings. The standard InChI is InChI=1S/C15H19NO/c1-10(2)11-5-4-6-12-13(11)8-17-15(3)9-16-7-14(12)15/h4-6,14,16H,1,7-9H2,2-3H3/t14?,15-/m0/s1. The van der Waals surface area contributed by atoms with Crippen LogP contribution in [-0.4, -0.2) is 18.7 Å². The van der Waals surface area contributed by atoms with Crippen LogP contribution in [0.2, 0.25) is 0 Å². The largest absolute Gasteiger partial charge is 0.369 e. The lowest BCUT2D eigenvalue weighted by atomic mass is 9.79. The monoisotopic (exact) mass is 229 g/mol. The van der Waals surface area contributed by atoms with Crippen molar-refractivity contribution in [1.29, 1.82) is 0 Å². The van der Waals surface area contributed by atoms with Crippen LogP contribution in [0.4, 0.5) is 0 Å². The Balaban J connectivity index is 2.13. The zero-order valence-electron chi connectivity index (χ0n) is 10.5. The molecule has 2 heteroatoms. The lowest BCUT2D eigenvalue weighted by Crippen LogP contribution is -2.40. The lowest BCUT2D eigenvalue weighted by Gasteiger charge is -2.38. The second kappa shape index (κ2) is 3.69. The second-order valence-electron chi connectivity index (χ2n) is 5.44. The van der Waals surface area contributed by atoms with Gasteiger partial charge in [-0.15, -0.1) is 0 Å². The summed E-state index contributed by atoms with van der Waals surface area (Å²) in [4.78, 5) is 0. The number of ether oxygens (including phenoxy) is 1. The molecule has 17 heavy (non-hydrogen) atoms. The molecule has 2 aliphatic heterocycles. The molecule has 0 amide bonds. The van der Waals surface area contributed by atoms with Gasteiger partial charge in [-0.1, -0.05) is 30.4 Å². The van der Waals surface area contributed by atoms with E-state index in [0.717, 1.165) is 18.7 Å². The predicted molar refractivity (Wildman–Crippen MR) is 70.0 cm³/mol. The quantitative estimate of drug-likeness (QED) is 0.799. The molecule has 1 N–H and O–H groups in total. The summed E-state index contributed by atoms with van der Waals surface area (Å²) in [6.07, 6.45) is 0. The van der Waals surface area contributed by atoms with Gasteiger partial charge < -0.3 is 10.1 Å². The van der Waals surface area contributed by atoms with Crippen molar-refractivity contribution in [2.24, 2.45) is 0 Å². The molecule has 0 aromatic heterocycles. The van der Waals surface area contributed by atoms with E-state index in [-0.39, 0.29) is 5.60 Å². The van der Waals surface area contributed by atoms with Crippen molar-refractivity contribution in [1.82, 2.24) is 5.32 Å². The van der Waals surface area contributed by atoms with Crippen LogP contribution in [0.15, 0.2) is 24.8 Å². The van der Waals surface area contributed by atoms with Crippen LogP contribution >= 0.6 is 0 Å². The number of allylic oxidation sites excluding steroid dienone is 1. The van der Waals surface area contributed by atoms with E-state index in [2.05, 4.69) is 43.9 Å². The number of fused-ring (bicyclic) bond motifs is 3. The minimum atomic E-state index is -0.0271. The lowest BCUT2D eigenvalue weighted by molar-refractivity contribution is -0.0518. The first-order valence-electron chi connectivity index (χ1n) is 6.24. The van der Waals surface area contributed by atoms with Crippen LogP contribution in [0.3, 0.4) is 0 Å². The highest BCUT2D eigenvalue weighted by molar-refractivity contribution is 5.66. The third-order valence-electron chi connectivity index (χ3n) is 4.16. The molecular formula is C15H19NO. The highest BCUT2D eigenvalue weighted by atomic mass is 16.5. The third kappa shape index (κ3) is 1.55. The molecule has 0 aliphatic carbocycles. The summed E-state index contributed by atoms with van der Waals surface area (Å²) in [7, 11) is 0. The molecule has 2 heterocycles. The van der Waals surface area contributed by atoms with Crippen molar-refractivity contribution in [3.8, 4) is 0 Å². The average molecular weight is 229 g/mol. The summed E-state index contributed by atoms with van der Waals surface area (Å²) >= 11 is 0. The molecule has 0 bridgehead atoms. The Morgan fingerprint density at radius 3 is 3.12 bits per heavy atom. The second-order valence-corrected chi connectivity index (χ2v) is 5.44. The minimum absolute atomic E-state index is 0.0271. The van der Waals surface area contributed by atoms with Gasteiger partial charge in [0.05, 0.1) is 12.2 Å². The van der Waals surface area contributed by atoms with Crippen LogP contribution in [-0.2, 0) is 11.3 Å². The fourth-order valence-electron chi connectivity index (χ4n) is 3.12. The Labute approximate surface area is 103 Å². The van der Waals surface area contributed by atoms with Crippen LogP contribution in [0.5, 0.6) is 0 Å². The maximum absolute atomic E-state index is 6.10. The molecule has 0 saturated carbocycles. The topological polar surface area (TPSA) is 21.3 Å². The van der Waals surface area contributed by atoms with Crippen LogP contribution < -0.4 is 5.32 Å². The molecule has 2 atom stereocenters. The van der Waals surface area contributed by atoms with Crippen LogP contribution in [0, 0.1) is 0 Å². The SMILES string of the molecule is C=C(C)c1cccc2c1CO[C@@]1(C)CNCC21. The molecular weight excluding hydrogens is 210 g/mol. The highest BCUT2D eigenvalue weighted by Crippen LogP contribution is 2.42. The normalized spacial score (nSPS) is 30.8. The van der Waals surface area contributed by atoms with Crippen molar-refractivity contribution in [2.45, 2.75) is 32.0 Å². The molecule has 0 spiro atoms. The predicted octanol–water partition coefficient (Wildman–Crippen LogP) is 2.70. The summed E-state index contributed by atoms with van der Waals surface area (Å²) in [5.74, 6) is 0.477. The van der Waals surface area contributed by atoms with E-state index in [1.807, 2.05) is 0 Å². The van der Waals surface area contributed by atoms with Crippen molar-refractivity contribution in [3.63, 3.8) is 0 Å². The van der Waals surface area contributed by atoms with Gasteiger partial charge in [0.25, 0.3) is 0 Å². The Hall–Kier alpha value is -1.12. The number of hydrogen-bond donors (Lipinski definition) is 1. The molecule has 1 saturated heterocycles. The molecule has 1 unspecified atom stereocenters. The summed E-state index contributed by atoms with van der Waals surface area (Å²) in [6, 6.07) is 6.54. The summed E-state index contributed by atoms with van der Waals surface area (Å²) < 4.78 is 6.10. The van der Waals surface area contributed by atoms with Gasteiger partial charge in [-0.3, -0.25) is 0 Å². The van der Waals surface area contributed by atoms with E-state index in [9.17, 15) is 0 Å².